The molecule has 4 rings (SSSR count). The smallest absolute Gasteiger partial charge is 0.253 e. The van der Waals surface area contributed by atoms with Gasteiger partial charge in [0.1, 0.15) is 11.6 Å². The minimum absolute atomic E-state index is 0.0970. The van der Waals surface area contributed by atoms with Crippen LogP contribution in [0.4, 0.5) is 8.78 Å². The standard InChI is InChI=1S/C20H20F2N2O/c21-16-5-2-6-17(22)19(16)12-3-1-4-13(9-12)20(25)24-10-14-7-8-18(23)15(14)11-24/h1-6,9,14-15,18H,7-8,10-11,23H2. The maximum absolute atomic E-state index is 14.0. The van der Waals surface area contributed by atoms with Crippen molar-refractivity contribution in [3.8, 4) is 11.1 Å². The average molecular weight is 342 g/mol. The van der Waals surface area contributed by atoms with Crippen molar-refractivity contribution in [3.05, 3.63) is 59.7 Å². The molecule has 0 aromatic heterocycles. The maximum Gasteiger partial charge on any atom is 0.253 e. The molecule has 0 bridgehead atoms. The summed E-state index contributed by atoms with van der Waals surface area (Å²) >= 11 is 0. The number of nitrogens with two attached hydrogens (primary N) is 1. The first-order valence-corrected chi connectivity index (χ1v) is 8.64. The molecule has 2 N–H and O–H groups in total. The van der Waals surface area contributed by atoms with Crippen LogP contribution in [0.15, 0.2) is 42.5 Å². The summed E-state index contributed by atoms with van der Waals surface area (Å²) in [7, 11) is 0. The third kappa shape index (κ3) is 2.82. The first-order valence-electron chi connectivity index (χ1n) is 8.64. The number of carbonyl (C=O) groups is 1. The lowest BCUT2D eigenvalue weighted by Gasteiger charge is -2.19. The molecule has 3 atom stereocenters. The Morgan fingerprint density at radius 1 is 1.04 bits per heavy atom. The van der Waals surface area contributed by atoms with Gasteiger partial charge in [-0.1, -0.05) is 18.2 Å². The van der Waals surface area contributed by atoms with E-state index in [-0.39, 0.29) is 17.5 Å². The number of hydrogen-bond acceptors (Lipinski definition) is 2. The largest absolute Gasteiger partial charge is 0.338 e. The Kier molecular flexibility index (Phi) is 4.04. The summed E-state index contributed by atoms with van der Waals surface area (Å²) < 4.78 is 28.0. The van der Waals surface area contributed by atoms with Crippen molar-refractivity contribution < 1.29 is 13.6 Å². The summed E-state index contributed by atoms with van der Waals surface area (Å²) in [6, 6.07) is 10.5. The van der Waals surface area contributed by atoms with Crippen LogP contribution in [0.2, 0.25) is 0 Å². The summed E-state index contributed by atoms with van der Waals surface area (Å²) in [6.07, 6.45) is 2.09. The molecule has 0 radical (unpaired) electrons. The minimum Gasteiger partial charge on any atom is -0.338 e. The fourth-order valence-electron chi connectivity index (χ4n) is 4.24. The van der Waals surface area contributed by atoms with Gasteiger partial charge in [-0.25, -0.2) is 8.78 Å². The molecule has 1 saturated carbocycles. The summed E-state index contributed by atoms with van der Waals surface area (Å²) in [6.45, 7) is 1.39. The van der Waals surface area contributed by atoms with Crippen LogP contribution in [-0.4, -0.2) is 29.9 Å². The van der Waals surface area contributed by atoms with Gasteiger partial charge in [0, 0.05) is 24.7 Å². The molecular weight excluding hydrogens is 322 g/mol. The van der Waals surface area contributed by atoms with Gasteiger partial charge in [0.2, 0.25) is 0 Å². The predicted molar refractivity (Wildman–Crippen MR) is 91.9 cm³/mol. The highest BCUT2D eigenvalue weighted by atomic mass is 19.1. The van der Waals surface area contributed by atoms with Crippen molar-refractivity contribution in [3.63, 3.8) is 0 Å². The summed E-state index contributed by atoms with van der Waals surface area (Å²) in [5.74, 6) is -0.514. The SMILES string of the molecule is NC1CCC2CN(C(=O)c3cccc(-c4c(F)cccc4F)c3)CC12. The second-order valence-electron chi connectivity index (χ2n) is 7.05. The van der Waals surface area contributed by atoms with E-state index < -0.39 is 11.6 Å². The molecule has 2 fully saturated rings. The van der Waals surface area contributed by atoms with E-state index in [2.05, 4.69) is 0 Å². The van der Waals surface area contributed by atoms with Crippen LogP contribution in [0.25, 0.3) is 11.1 Å². The van der Waals surface area contributed by atoms with Crippen molar-refractivity contribution >= 4 is 5.91 Å². The molecule has 1 amide bonds. The maximum atomic E-state index is 14.0. The molecule has 25 heavy (non-hydrogen) atoms. The number of benzene rings is 2. The van der Waals surface area contributed by atoms with Gasteiger partial charge in [0.15, 0.2) is 0 Å². The number of amides is 1. The summed E-state index contributed by atoms with van der Waals surface area (Å²) in [5, 5.41) is 0. The number of likely N-dealkylation sites (tertiary alicyclic amines) is 1. The Morgan fingerprint density at radius 2 is 1.76 bits per heavy atom. The van der Waals surface area contributed by atoms with E-state index in [1.165, 1.54) is 18.2 Å². The van der Waals surface area contributed by atoms with Gasteiger partial charge in [0.25, 0.3) is 5.91 Å². The average Bonchev–Trinajstić information content (AvgIpc) is 3.17. The minimum atomic E-state index is -0.633. The van der Waals surface area contributed by atoms with Crippen LogP contribution in [0.3, 0.4) is 0 Å². The number of halogens is 2. The highest BCUT2D eigenvalue weighted by Gasteiger charge is 2.42. The van der Waals surface area contributed by atoms with Gasteiger partial charge in [0.05, 0.1) is 5.56 Å². The molecule has 2 aromatic rings. The number of carbonyl (C=O) groups excluding carboxylic acids is 1. The molecule has 1 heterocycles. The van der Waals surface area contributed by atoms with Gasteiger partial charge < -0.3 is 10.6 Å². The topological polar surface area (TPSA) is 46.3 Å². The Bertz CT molecular complexity index is 803. The fraction of sp³-hybridized carbons (Fsp3) is 0.350. The normalized spacial score (nSPS) is 25.2. The van der Waals surface area contributed by atoms with Gasteiger partial charge in [-0.05, 0) is 54.5 Å². The van der Waals surface area contributed by atoms with E-state index in [1.807, 2.05) is 4.90 Å². The fourth-order valence-corrected chi connectivity index (χ4v) is 4.24. The molecule has 1 aliphatic heterocycles. The predicted octanol–water partition coefficient (Wildman–Crippen LogP) is 3.44. The summed E-state index contributed by atoms with van der Waals surface area (Å²) in [5.41, 5.74) is 6.86. The van der Waals surface area contributed by atoms with E-state index in [1.54, 1.807) is 24.3 Å². The van der Waals surface area contributed by atoms with Crippen LogP contribution in [0, 0.1) is 23.5 Å². The molecule has 2 aliphatic rings. The number of nitrogens with zero attached hydrogens (tertiary/aromatic N) is 1. The zero-order valence-corrected chi connectivity index (χ0v) is 13.8. The van der Waals surface area contributed by atoms with Crippen molar-refractivity contribution in [1.82, 2.24) is 4.90 Å². The Labute approximate surface area is 145 Å². The molecule has 2 aromatic carbocycles. The van der Waals surface area contributed by atoms with E-state index in [0.717, 1.165) is 19.4 Å². The van der Waals surface area contributed by atoms with Gasteiger partial charge >= 0.3 is 0 Å². The number of hydrogen-bond donors (Lipinski definition) is 1. The summed E-state index contributed by atoms with van der Waals surface area (Å²) in [4.78, 5) is 14.7. The zero-order valence-electron chi connectivity index (χ0n) is 13.8. The second-order valence-corrected chi connectivity index (χ2v) is 7.05. The van der Waals surface area contributed by atoms with Crippen molar-refractivity contribution in [1.29, 1.82) is 0 Å². The van der Waals surface area contributed by atoms with E-state index in [0.29, 0.717) is 29.5 Å². The van der Waals surface area contributed by atoms with Crippen LogP contribution in [0.5, 0.6) is 0 Å². The molecule has 3 nitrogen and oxygen atoms in total. The lowest BCUT2D eigenvalue weighted by Crippen LogP contribution is -2.33. The van der Waals surface area contributed by atoms with Gasteiger partial charge in [-0.3, -0.25) is 4.79 Å². The van der Waals surface area contributed by atoms with Crippen molar-refractivity contribution in [2.45, 2.75) is 18.9 Å². The van der Waals surface area contributed by atoms with E-state index in [9.17, 15) is 13.6 Å². The Balaban J connectivity index is 1.61. The molecule has 1 aliphatic carbocycles. The first-order chi connectivity index (χ1) is 12.0. The van der Waals surface area contributed by atoms with Crippen molar-refractivity contribution in [2.75, 3.05) is 13.1 Å². The first kappa shape index (κ1) is 16.2. The van der Waals surface area contributed by atoms with Gasteiger partial charge in [-0.15, -0.1) is 0 Å². The molecule has 3 unspecified atom stereocenters. The third-order valence-electron chi connectivity index (χ3n) is 5.56. The van der Waals surface area contributed by atoms with Crippen LogP contribution >= 0.6 is 0 Å². The van der Waals surface area contributed by atoms with Crippen LogP contribution < -0.4 is 5.73 Å². The zero-order chi connectivity index (χ0) is 17.6. The third-order valence-corrected chi connectivity index (χ3v) is 5.56. The molecule has 1 saturated heterocycles. The number of fused-ring (bicyclic) bond motifs is 1. The quantitative estimate of drug-likeness (QED) is 0.909. The molecule has 5 heteroatoms. The molecule has 130 valence electrons. The molecular formula is C20H20F2N2O. The number of rotatable bonds is 2. The second kappa shape index (κ2) is 6.23. The molecule has 0 spiro atoms. The highest BCUT2D eigenvalue weighted by Crippen LogP contribution is 2.37. The lowest BCUT2D eigenvalue weighted by molar-refractivity contribution is 0.0779. The van der Waals surface area contributed by atoms with E-state index >= 15 is 0 Å². The van der Waals surface area contributed by atoms with Gasteiger partial charge in [-0.2, -0.15) is 0 Å². The monoisotopic (exact) mass is 342 g/mol. The lowest BCUT2D eigenvalue weighted by atomic mass is 9.98. The van der Waals surface area contributed by atoms with Crippen LogP contribution in [-0.2, 0) is 0 Å². The highest BCUT2D eigenvalue weighted by molar-refractivity contribution is 5.95. The van der Waals surface area contributed by atoms with E-state index in [4.69, 9.17) is 5.73 Å². The van der Waals surface area contributed by atoms with Crippen LogP contribution in [0.1, 0.15) is 23.2 Å². The Morgan fingerprint density at radius 3 is 2.48 bits per heavy atom. The van der Waals surface area contributed by atoms with Crippen molar-refractivity contribution in [2.24, 2.45) is 17.6 Å². The Hall–Kier alpha value is -2.27.